The van der Waals surface area contributed by atoms with E-state index in [0.717, 1.165) is 12.1 Å². The van der Waals surface area contributed by atoms with E-state index < -0.39 is 33.6 Å². The zero-order valence-electron chi connectivity index (χ0n) is 20.9. The number of alkyl halides is 3. The molecule has 1 N–H and O–H groups in total. The van der Waals surface area contributed by atoms with Crippen LogP contribution in [0.2, 0.25) is 5.02 Å². The maximum atomic E-state index is 13.0. The Morgan fingerprint density at radius 2 is 1.90 bits per heavy atom. The van der Waals surface area contributed by atoms with Crippen LogP contribution in [0.1, 0.15) is 29.5 Å². The highest BCUT2D eigenvalue weighted by Crippen LogP contribution is 2.30. The van der Waals surface area contributed by atoms with Gasteiger partial charge in [0, 0.05) is 28.1 Å². The highest BCUT2D eigenvalue weighted by molar-refractivity contribution is 9.10. The fraction of sp³-hybridized carbons (Fsp3) is 0.259. The molecule has 0 saturated carbocycles. The Hall–Kier alpha value is -2.93. The van der Waals surface area contributed by atoms with E-state index >= 15 is 0 Å². The molecule has 1 aliphatic rings. The van der Waals surface area contributed by atoms with Gasteiger partial charge in [-0.15, -0.1) is 0 Å². The van der Waals surface area contributed by atoms with E-state index in [2.05, 4.69) is 26.5 Å². The third-order valence-electron chi connectivity index (χ3n) is 6.21. The molecule has 0 radical (unpaired) electrons. The van der Waals surface area contributed by atoms with Crippen molar-refractivity contribution in [3.8, 4) is 5.75 Å². The first-order valence-corrected chi connectivity index (χ1v) is 14.7. The van der Waals surface area contributed by atoms with E-state index in [-0.39, 0.29) is 18.0 Å². The van der Waals surface area contributed by atoms with Crippen LogP contribution in [-0.2, 0) is 27.6 Å². The van der Waals surface area contributed by atoms with Crippen LogP contribution < -0.4 is 10.2 Å². The summed E-state index contributed by atoms with van der Waals surface area (Å²) in [6.07, 6.45) is -2.10. The first-order valence-electron chi connectivity index (χ1n) is 12.1. The molecular formula is C27H24BrClF3N3O4S. The lowest BCUT2D eigenvalue weighted by atomic mass is 9.99. The molecular weight excluding hydrogens is 635 g/mol. The van der Waals surface area contributed by atoms with Crippen molar-refractivity contribution in [3.63, 3.8) is 0 Å². The highest BCUT2D eigenvalue weighted by Gasteiger charge is 2.33. The highest BCUT2D eigenvalue weighted by atomic mass is 79.9. The van der Waals surface area contributed by atoms with Gasteiger partial charge < -0.3 is 4.74 Å². The normalized spacial score (nSPS) is 16.7. The standard InChI is InChI=1S/C27H24BrClF3N3O4S/c28-22-6-11-25(39-17-18-3-1-5-21(13-18)27(30,31)32)20(14-22)15-33-34-26(36)19-4-2-12-35(16-19)40(37,38)24-9-7-23(29)8-10-24/h1,3,5-11,13-15,19H,2,4,12,16-17H2,(H,34,36)/b33-15-/t19-/m1/s1. The van der Waals surface area contributed by atoms with Crippen LogP contribution in [0.25, 0.3) is 0 Å². The second-order valence-corrected chi connectivity index (χ2v) is 12.3. The average Bonchev–Trinajstić information content (AvgIpc) is 2.92. The molecule has 1 saturated heterocycles. The number of carbonyl (C=O) groups excluding carboxylic acids is 1. The smallest absolute Gasteiger partial charge is 0.416 e. The first-order chi connectivity index (χ1) is 18.9. The summed E-state index contributed by atoms with van der Waals surface area (Å²) in [7, 11) is -3.79. The number of piperidine rings is 1. The van der Waals surface area contributed by atoms with Gasteiger partial charge in [-0.2, -0.15) is 22.6 Å². The second-order valence-electron chi connectivity index (χ2n) is 9.06. The third kappa shape index (κ3) is 7.62. The Morgan fingerprint density at radius 1 is 1.15 bits per heavy atom. The van der Waals surface area contributed by atoms with Crippen molar-refractivity contribution in [1.82, 2.24) is 9.73 Å². The molecule has 0 bridgehead atoms. The summed E-state index contributed by atoms with van der Waals surface area (Å²) in [4.78, 5) is 12.9. The van der Waals surface area contributed by atoms with E-state index in [0.29, 0.717) is 45.8 Å². The quantitative estimate of drug-likeness (QED) is 0.229. The number of benzene rings is 3. The van der Waals surface area contributed by atoms with Crippen molar-refractivity contribution >= 4 is 49.7 Å². The van der Waals surface area contributed by atoms with Crippen LogP contribution in [-0.4, -0.2) is 37.9 Å². The van der Waals surface area contributed by atoms with E-state index in [1.165, 1.54) is 46.9 Å². The molecule has 7 nitrogen and oxygen atoms in total. The van der Waals surface area contributed by atoms with Crippen molar-refractivity contribution in [1.29, 1.82) is 0 Å². The molecule has 0 unspecified atom stereocenters. The maximum absolute atomic E-state index is 13.0. The van der Waals surface area contributed by atoms with Gasteiger partial charge in [-0.25, -0.2) is 13.8 Å². The Kier molecular flexibility index (Phi) is 9.55. The first kappa shape index (κ1) is 30.0. The topological polar surface area (TPSA) is 88.1 Å². The number of sulfonamides is 1. The van der Waals surface area contributed by atoms with Gasteiger partial charge in [0.2, 0.25) is 15.9 Å². The molecule has 1 atom stereocenters. The van der Waals surface area contributed by atoms with E-state index in [9.17, 15) is 26.4 Å². The molecule has 0 spiro atoms. The van der Waals surface area contributed by atoms with Gasteiger partial charge in [0.05, 0.1) is 22.6 Å². The number of hydrogen-bond donors (Lipinski definition) is 1. The Labute approximate surface area is 243 Å². The molecule has 13 heteroatoms. The van der Waals surface area contributed by atoms with E-state index in [1.54, 1.807) is 18.2 Å². The second kappa shape index (κ2) is 12.7. The van der Waals surface area contributed by atoms with Gasteiger partial charge in [-0.1, -0.05) is 39.7 Å². The monoisotopic (exact) mass is 657 g/mol. The fourth-order valence-electron chi connectivity index (χ4n) is 4.14. The lowest BCUT2D eigenvalue weighted by molar-refractivity contribution is -0.137. The molecule has 1 aliphatic heterocycles. The summed E-state index contributed by atoms with van der Waals surface area (Å²) in [5, 5.41) is 4.44. The Bertz CT molecular complexity index is 1500. The molecule has 1 heterocycles. The van der Waals surface area contributed by atoms with Gasteiger partial charge in [-0.3, -0.25) is 4.79 Å². The number of ether oxygens (including phenoxy) is 1. The molecule has 3 aromatic rings. The lowest BCUT2D eigenvalue weighted by Gasteiger charge is -2.30. The zero-order valence-corrected chi connectivity index (χ0v) is 24.0. The molecule has 1 amide bonds. The van der Waals surface area contributed by atoms with Gasteiger partial charge >= 0.3 is 6.18 Å². The minimum Gasteiger partial charge on any atom is -0.488 e. The average molecular weight is 659 g/mol. The lowest BCUT2D eigenvalue weighted by Crippen LogP contribution is -2.44. The van der Waals surface area contributed by atoms with E-state index in [1.807, 2.05) is 0 Å². The van der Waals surface area contributed by atoms with Crippen molar-refractivity contribution < 1.29 is 31.1 Å². The number of nitrogens with one attached hydrogen (secondary N) is 1. The van der Waals surface area contributed by atoms with Gasteiger partial charge in [0.15, 0.2) is 0 Å². The van der Waals surface area contributed by atoms with Crippen molar-refractivity contribution in [2.24, 2.45) is 11.0 Å². The molecule has 212 valence electrons. The number of halogens is 5. The minimum absolute atomic E-state index is 0.00848. The number of carbonyl (C=O) groups is 1. The van der Waals surface area contributed by atoms with Crippen LogP contribution in [0.15, 0.2) is 81.2 Å². The fourth-order valence-corrected chi connectivity index (χ4v) is 6.17. The van der Waals surface area contributed by atoms with Crippen molar-refractivity contribution in [2.75, 3.05) is 13.1 Å². The predicted molar refractivity (Wildman–Crippen MR) is 149 cm³/mol. The maximum Gasteiger partial charge on any atom is 0.416 e. The molecule has 4 rings (SSSR count). The Morgan fingerprint density at radius 3 is 2.62 bits per heavy atom. The van der Waals surface area contributed by atoms with Crippen molar-refractivity contribution in [3.05, 3.63) is 92.9 Å². The van der Waals surface area contributed by atoms with Crippen LogP contribution in [0.5, 0.6) is 5.75 Å². The summed E-state index contributed by atoms with van der Waals surface area (Å²) in [5.74, 6) is -0.697. The third-order valence-corrected chi connectivity index (χ3v) is 8.83. The van der Waals surface area contributed by atoms with Crippen molar-refractivity contribution in [2.45, 2.75) is 30.5 Å². The Balaban J connectivity index is 1.39. The number of rotatable bonds is 8. The number of hydrogen-bond acceptors (Lipinski definition) is 5. The molecule has 1 fully saturated rings. The largest absolute Gasteiger partial charge is 0.488 e. The summed E-state index contributed by atoms with van der Waals surface area (Å²) in [5.41, 5.74) is 2.50. The summed E-state index contributed by atoms with van der Waals surface area (Å²) >= 11 is 9.22. The van der Waals surface area contributed by atoms with Crippen LogP contribution >= 0.6 is 27.5 Å². The van der Waals surface area contributed by atoms with E-state index in [4.69, 9.17) is 16.3 Å². The minimum atomic E-state index is -4.46. The molecule has 0 aliphatic carbocycles. The number of nitrogens with zero attached hydrogens (tertiary/aromatic N) is 2. The molecule has 0 aromatic heterocycles. The van der Waals surface area contributed by atoms with Crippen LogP contribution in [0, 0.1) is 5.92 Å². The van der Waals surface area contributed by atoms with Gasteiger partial charge in [-0.05, 0) is 73.0 Å². The summed E-state index contributed by atoms with van der Waals surface area (Å²) in [6, 6.07) is 15.7. The number of hydrazone groups is 1. The van der Waals surface area contributed by atoms with Gasteiger partial charge in [0.1, 0.15) is 12.4 Å². The summed E-state index contributed by atoms with van der Waals surface area (Å²) < 4.78 is 72.8. The predicted octanol–water partition coefficient (Wildman–Crippen LogP) is 6.25. The molecule has 40 heavy (non-hydrogen) atoms. The molecule has 3 aromatic carbocycles. The summed E-state index contributed by atoms with van der Waals surface area (Å²) in [6.45, 7) is 0.190. The van der Waals surface area contributed by atoms with Crippen LogP contribution in [0.4, 0.5) is 13.2 Å². The zero-order chi connectivity index (χ0) is 28.9. The van der Waals surface area contributed by atoms with Crippen LogP contribution in [0.3, 0.4) is 0 Å². The van der Waals surface area contributed by atoms with Gasteiger partial charge in [0.25, 0.3) is 0 Å². The number of amides is 1. The SMILES string of the molecule is O=C(N/N=C\c1cc(Br)ccc1OCc1cccc(C(F)(F)F)c1)[C@@H]1CCCN(S(=O)(=O)c2ccc(Cl)cc2)C1.